The molecule has 0 aromatic carbocycles. The van der Waals surface area contributed by atoms with E-state index in [0.717, 1.165) is 49.3 Å². The average Bonchev–Trinajstić information content (AvgIpc) is 2.58. The molecule has 2 aromatic heterocycles. The minimum absolute atomic E-state index is 0.681. The van der Waals surface area contributed by atoms with Gasteiger partial charge in [0.05, 0.1) is 23.1 Å². The summed E-state index contributed by atoms with van der Waals surface area (Å²) in [7, 11) is 0. The number of hydrogen-bond acceptors (Lipinski definition) is 6. The van der Waals surface area contributed by atoms with Crippen molar-refractivity contribution in [1.82, 2.24) is 19.9 Å². The van der Waals surface area contributed by atoms with Crippen LogP contribution in [0.1, 0.15) is 5.69 Å². The second-order valence-corrected chi connectivity index (χ2v) is 6.41. The quantitative estimate of drug-likeness (QED) is 0.800. The summed E-state index contributed by atoms with van der Waals surface area (Å²) >= 11 is 7.49. The monoisotopic (exact) mass is 335 g/mol. The molecule has 3 rings (SSSR count). The van der Waals surface area contributed by atoms with Crippen LogP contribution in [0.2, 0.25) is 5.02 Å². The van der Waals surface area contributed by atoms with Crippen LogP contribution in [0.15, 0.2) is 35.7 Å². The highest BCUT2D eigenvalue weighted by molar-refractivity contribution is 7.98. The van der Waals surface area contributed by atoms with E-state index in [1.807, 2.05) is 24.6 Å². The van der Waals surface area contributed by atoms with Crippen molar-refractivity contribution < 1.29 is 0 Å². The molecule has 0 N–H and O–H groups in total. The maximum Gasteiger partial charge on any atom is 0.148 e. The number of rotatable bonds is 4. The van der Waals surface area contributed by atoms with Crippen LogP contribution < -0.4 is 4.90 Å². The van der Waals surface area contributed by atoms with Crippen LogP contribution in [-0.2, 0) is 6.54 Å². The Hall–Kier alpha value is -1.37. The van der Waals surface area contributed by atoms with Crippen LogP contribution in [-0.4, -0.2) is 52.3 Å². The molecule has 1 saturated heterocycles. The molecule has 1 aliphatic heterocycles. The molecule has 116 valence electrons. The second-order valence-electron chi connectivity index (χ2n) is 5.15. The highest BCUT2D eigenvalue weighted by atomic mass is 35.5. The molecule has 0 spiro atoms. The third-order valence-electron chi connectivity index (χ3n) is 3.68. The summed E-state index contributed by atoms with van der Waals surface area (Å²) in [6.07, 6.45) is 7.37. The van der Waals surface area contributed by atoms with Crippen LogP contribution in [0, 0.1) is 0 Å². The normalized spacial score (nSPS) is 16.0. The van der Waals surface area contributed by atoms with Crippen LogP contribution in [0.5, 0.6) is 0 Å². The van der Waals surface area contributed by atoms with Crippen molar-refractivity contribution in [2.75, 3.05) is 37.3 Å². The Morgan fingerprint density at radius 2 is 1.95 bits per heavy atom. The zero-order valence-electron chi connectivity index (χ0n) is 12.4. The molecule has 0 aliphatic carbocycles. The first kappa shape index (κ1) is 15.5. The topological polar surface area (TPSA) is 45.2 Å². The predicted molar refractivity (Wildman–Crippen MR) is 90.6 cm³/mol. The fraction of sp³-hybridized carbons (Fsp3) is 0.400. The van der Waals surface area contributed by atoms with Gasteiger partial charge in [-0.1, -0.05) is 11.6 Å². The van der Waals surface area contributed by atoms with E-state index in [9.17, 15) is 0 Å². The van der Waals surface area contributed by atoms with Crippen molar-refractivity contribution in [1.29, 1.82) is 0 Å². The van der Waals surface area contributed by atoms with Gasteiger partial charge in [-0.05, 0) is 18.4 Å². The third-order valence-corrected chi connectivity index (χ3v) is 4.52. The number of nitrogens with zero attached hydrogens (tertiary/aromatic N) is 5. The Balaban J connectivity index is 1.56. The van der Waals surface area contributed by atoms with Crippen LogP contribution in [0.4, 0.5) is 5.82 Å². The molecule has 3 heterocycles. The fourth-order valence-electron chi connectivity index (χ4n) is 2.45. The van der Waals surface area contributed by atoms with Crippen molar-refractivity contribution in [2.24, 2.45) is 0 Å². The largest absolute Gasteiger partial charge is 0.353 e. The molecule has 1 aliphatic rings. The summed E-state index contributed by atoms with van der Waals surface area (Å²) in [4.78, 5) is 17.9. The summed E-state index contributed by atoms with van der Waals surface area (Å²) < 4.78 is 0. The lowest BCUT2D eigenvalue weighted by Crippen LogP contribution is -2.46. The summed E-state index contributed by atoms with van der Waals surface area (Å²) in [6.45, 7) is 4.77. The van der Waals surface area contributed by atoms with Gasteiger partial charge in [0, 0.05) is 38.9 Å². The van der Waals surface area contributed by atoms with Crippen molar-refractivity contribution >= 4 is 29.2 Å². The van der Waals surface area contributed by atoms with Gasteiger partial charge in [-0.15, -0.1) is 11.8 Å². The van der Waals surface area contributed by atoms with E-state index >= 15 is 0 Å². The molecule has 22 heavy (non-hydrogen) atoms. The van der Waals surface area contributed by atoms with Crippen molar-refractivity contribution in [2.45, 2.75) is 11.6 Å². The lowest BCUT2D eigenvalue weighted by Gasteiger charge is -2.35. The highest BCUT2D eigenvalue weighted by Crippen LogP contribution is 2.18. The molecule has 1 fully saturated rings. The predicted octanol–water partition coefficient (Wildman–Crippen LogP) is 2.57. The Morgan fingerprint density at radius 3 is 2.64 bits per heavy atom. The van der Waals surface area contributed by atoms with Gasteiger partial charge in [0.1, 0.15) is 10.8 Å². The first-order valence-electron chi connectivity index (χ1n) is 7.18. The van der Waals surface area contributed by atoms with Gasteiger partial charge < -0.3 is 4.90 Å². The molecule has 0 bridgehead atoms. The van der Waals surface area contributed by atoms with E-state index < -0.39 is 0 Å². The average molecular weight is 336 g/mol. The Kier molecular flexibility index (Phi) is 5.12. The molecule has 0 saturated carbocycles. The number of pyridine rings is 1. The highest BCUT2D eigenvalue weighted by Gasteiger charge is 2.18. The van der Waals surface area contributed by atoms with E-state index in [0.29, 0.717) is 5.02 Å². The summed E-state index contributed by atoms with van der Waals surface area (Å²) in [5.74, 6) is 0.969. The number of hydrogen-bond donors (Lipinski definition) is 0. The zero-order valence-corrected chi connectivity index (χ0v) is 14.0. The number of halogens is 1. The maximum atomic E-state index is 5.87. The Labute approximate surface area is 139 Å². The summed E-state index contributed by atoms with van der Waals surface area (Å²) in [5, 5.41) is 1.64. The number of aromatic nitrogens is 3. The number of anilines is 1. The smallest absolute Gasteiger partial charge is 0.148 e. The van der Waals surface area contributed by atoms with E-state index in [4.69, 9.17) is 11.6 Å². The number of thioether (sulfide) groups is 1. The van der Waals surface area contributed by atoms with Gasteiger partial charge in [-0.25, -0.2) is 4.98 Å². The van der Waals surface area contributed by atoms with Crippen LogP contribution in [0.3, 0.4) is 0 Å². The SMILES string of the molecule is CSc1cncc(N2CCN(Cc3ccc(Cl)cn3)CC2)n1. The minimum atomic E-state index is 0.681. The van der Waals surface area contributed by atoms with Gasteiger partial charge in [0.15, 0.2) is 0 Å². The van der Waals surface area contributed by atoms with E-state index in [1.165, 1.54) is 0 Å². The van der Waals surface area contributed by atoms with Gasteiger partial charge in [-0.3, -0.25) is 14.9 Å². The van der Waals surface area contributed by atoms with E-state index in [-0.39, 0.29) is 0 Å². The zero-order chi connectivity index (χ0) is 15.4. The molecular weight excluding hydrogens is 318 g/mol. The Bertz CT molecular complexity index is 614. The first-order valence-corrected chi connectivity index (χ1v) is 8.78. The van der Waals surface area contributed by atoms with E-state index in [1.54, 1.807) is 24.2 Å². The summed E-state index contributed by atoms with van der Waals surface area (Å²) in [6, 6.07) is 3.88. The van der Waals surface area contributed by atoms with Crippen molar-refractivity contribution in [3.05, 3.63) is 41.4 Å². The third kappa shape index (κ3) is 3.88. The maximum absolute atomic E-state index is 5.87. The molecular formula is C15H18ClN5S. The molecule has 0 radical (unpaired) electrons. The minimum Gasteiger partial charge on any atom is -0.353 e. The van der Waals surface area contributed by atoms with Crippen LogP contribution in [0.25, 0.3) is 0 Å². The molecule has 0 unspecified atom stereocenters. The fourth-order valence-corrected chi connectivity index (χ4v) is 2.92. The molecule has 0 amide bonds. The lowest BCUT2D eigenvalue weighted by molar-refractivity contribution is 0.246. The van der Waals surface area contributed by atoms with E-state index in [2.05, 4.69) is 24.8 Å². The summed E-state index contributed by atoms with van der Waals surface area (Å²) in [5.41, 5.74) is 1.06. The van der Waals surface area contributed by atoms with Gasteiger partial charge >= 0.3 is 0 Å². The standard InChI is InChI=1S/C15H18ClN5S/c1-22-15-10-17-9-14(19-15)21-6-4-20(5-7-21)11-13-3-2-12(16)8-18-13/h2-3,8-10H,4-7,11H2,1H3. The van der Waals surface area contributed by atoms with Crippen LogP contribution >= 0.6 is 23.4 Å². The second kappa shape index (κ2) is 7.26. The van der Waals surface area contributed by atoms with Crippen molar-refractivity contribution in [3.63, 3.8) is 0 Å². The molecule has 0 atom stereocenters. The van der Waals surface area contributed by atoms with Gasteiger partial charge in [-0.2, -0.15) is 0 Å². The van der Waals surface area contributed by atoms with Gasteiger partial charge in [0.25, 0.3) is 0 Å². The molecule has 7 heteroatoms. The van der Waals surface area contributed by atoms with Crippen molar-refractivity contribution in [3.8, 4) is 0 Å². The first-order chi connectivity index (χ1) is 10.7. The Morgan fingerprint density at radius 1 is 1.14 bits per heavy atom. The lowest BCUT2D eigenvalue weighted by atomic mass is 10.2. The van der Waals surface area contributed by atoms with Gasteiger partial charge in [0.2, 0.25) is 0 Å². The number of piperazine rings is 1. The molecule has 2 aromatic rings. The molecule has 5 nitrogen and oxygen atoms in total.